The second-order valence-corrected chi connectivity index (χ2v) is 5.29. The SMILES string of the molecule is COC(=O)CCc1csc(N(C)c2ccc(OC)cc2)n1. The Labute approximate surface area is 128 Å². The fourth-order valence-corrected chi connectivity index (χ4v) is 2.66. The minimum atomic E-state index is -0.215. The lowest BCUT2D eigenvalue weighted by molar-refractivity contribution is -0.140. The van der Waals surface area contributed by atoms with Gasteiger partial charge >= 0.3 is 5.97 Å². The maximum atomic E-state index is 11.1. The number of carbonyl (C=O) groups excluding carboxylic acids is 1. The zero-order chi connectivity index (χ0) is 15.2. The van der Waals surface area contributed by atoms with Crippen LogP contribution in [0.1, 0.15) is 12.1 Å². The largest absolute Gasteiger partial charge is 0.497 e. The van der Waals surface area contributed by atoms with Gasteiger partial charge in [-0.15, -0.1) is 11.3 Å². The van der Waals surface area contributed by atoms with Crippen LogP contribution in [0.2, 0.25) is 0 Å². The number of hydrogen-bond acceptors (Lipinski definition) is 6. The summed E-state index contributed by atoms with van der Waals surface area (Å²) in [4.78, 5) is 17.7. The number of carbonyl (C=O) groups is 1. The van der Waals surface area contributed by atoms with Crippen LogP contribution in [-0.4, -0.2) is 32.2 Å². The monoisotopic (exact) mass is 306 g/mol. The van der Waals surface area contributed by atoms with Crippen molar-refractivity contribution in [2.75, 3.05) is 26.2 Å². The summed E-state index contributed by atoms with van der Waals surface area (Å²) in [5.74, 6) is 0.609. The molecule has 1 aromatic heterocycles. The van der Waals surface area contributed by atoms with Crippen LogP contribution in [0, 0.1) is 0 Å². The van der Waals surface area contributed by atoms with Crippen LogP contribution in [0.3, 0.4) is 0 Å². The number of methoxy groups -OCH3 is 2. The summed E-state index contributed by atoms with van der Waals surface area (Å²) in [6.45, 7) is 0. The molecule has 0 amide bonds. The first-order valence-electron chi connectivity index (χ1n) is 6.53. The molecule has 0 saturated heterocycles. The first-order chi connectivity index (χ1) is 10.1. The highest BCUT2D eigenvalue weighted by molar-refractivity contribution is 7.13. The Bertz CT molecular complexity index is 595. The molecule has 5 nitrogen and oxygen atoms in total. The van der Waals surface area contributed by atoms with Crippen LogP contribution in [0.25, 0.3) is 0 Å². The molecule has 0 spiro atoms. The highest BCUT2D eigenvalue weighted by Gasteiger charge is 2.10. The highest BCUT2D eigenvalue weighted by atomic mass is 32.1. The summed E-state index contributed by atoms with van der Waals surface area (Å²) in [5, 5.41) is 2.86. The fourth-order valence-electron chi connectivity index (χ4n) is 1.81. The molecule has 112 valence electrons. The zero-order valence-corrected chi connectivity index (χ0v) is 13.1. The second kappa shape index (κ2) is 7.08. The molecule has 0 aliphatic rings. The first-order valence-corrected chi connectivity index (χ1v) is 7.41. The standard InChI is InChI=1S/C15H18N2O3S/c1-17(12-5-7-13(19-2)8-6-12)15-16-11(10-21-15)4-9-14(18)20-3/h5-8,10H,4,9H2,1-3H3. The van der Waals surface area contributed by atoms with Crippen molar-refractivity contribution >= 4 is 28.1 Å². The van der Waals surface area contributed by atoms with Gasteiger partial charge in [0.25, 0.3) is 0 Å². The number of anilines is 2. The highest BCUT2D eigenvalue weighted by Crippen LogP contribution is 2.28. The van der Waals surface area contributed by atoms with Gasteiger partial charge in [-0.2, -0.15) is 0 Å². The van der Waals surface area contributed by atoms with E-state index in [4.69, 9.17) is 4.74 Å². The van der Waals surface area contributed by atoms with Crippen LogP contribution in [0.5, 0.6) is 5.75 Å². The summed E-state index contributed by atoms with van der Waals surface area (Å²) in [6.07, 6.45) is 0.950. The van der Waals surface area contributed by atoms with Crippen LogP contribution in [0.4, 0.5) is 10.8 Å². The summed E-state index contributed by atoms with van der Waals surface area (Å²) < 4.78 is 9.78. The van der Waals surface area contributed by atoms with Gasteiger partial charge in [-0.1, -0.05) is 0 Å². The molecule has 2 rings (SSSR count). The first kappa shape index (κ1) is 15.3. The van der Waals surface area contributed by atoms with Crippen molar-refractivity contribution in [3.05, 3.63) is 35.3 Å². The Hall–Kier alpha value is -2.08. The lowest BCUT2D eigenvalue weighted by atomic mass is 10.2. The number of ether oxygens (including phenoxy) is 2. The van der Waals surface area contributed by atoms with E-state index in [1.54, 1.807) is 18.4 Å². The molecule has 6 heteroatoms. The maximum absolute atomic E-state index is 11.1. The van der Waals surface area contributed by atoms with Crippen molar-refractivity contribution < 1.29 is 14.3 Å². The fraction of sp³-hybridized carbons (Fsp3) is 0.333. The molecule has 0 fully saturated rings. The van der Waals surface area contributed by atoms with Gasteiger partial charge in [-0.3, -0.25) is 4.79 Å². The van der Waals surface area contributed by atoms with Gasteiger partial charge in [0.05, 0.1) is 26.3 Å². The minimum absolute atomic E-state index is 0.215. The Balaban J connectivity index is 2.03. The van der Waals surface area contributed by atoms with Crippen LogP contribution < -0.4 is 9.64 Å². The number of rotatable bonds is 6. The van der Waals surface area contributed by atoms with E-state index < -0.39 is 0 Å². The van der Waals surface area contributed by atoms with Crippen molar-refractivity contribution in [3.8, 4) is 5.75 Å². The zero-order valence-electron chi connectivity index (χ0n) is 12.3. The van der Waals surface area contributed by atoms with Gasteiger partial charge in [-0.05, 0) is 24.3 Å². The van der Waals surface area contributed by atoms with E-state index in [1.165, 1.54) is 7.11 Å². The van der Waals surface area contributed by atoms with Crippen LogP contribution >= 0.6 is 11.3 Å². The smallest absolute Gasteiger partial charge is 0.305 e. The molecule has 0 bridgehead atoms. The van der Waals surface area contributed by atoms with Crippen molar-refractivity contribution in [1.82, 2.24) is 4.98 Å². The normalized spacial score (nSPS) is 10.2. The average molecular weight is 306 g/mol. The predicted octanol–water partition coefficient (Wildman–Crippen LogP) is 3.03. The summed E-state index contributed by atoms with van der Waals surface area (Å²) in [5.41, 5.74) is 1.94. The van der Waals surface area contributed by atoms with Gasteiger partial charge in [0.2, 0.25) is 0 Å². The Morgan fingerprint density at radius 3 is 2.62 bits per heavy atom. The van der Waals surface area contributed by atoms with Crippen molar-refractivity contribution in [2.45, 2.75) is 12.8 Å². The topological polar surface area (TPSA) is 51.7 Å². The lowest BCUT2D eigenvalue weighted by Gasteiger charge is -2.16. The van der Waals surface area contributed by atoms with Gasteiger partial charge in [0.1, 0.15) is 5.75 Å². The van der Waals surface area contributed by atoms with Crippen molar-refractivity contribution in [1.29, 1.82) is 0 Å². The third-order valence-electron chi connectivity index (χ3n) is 3.10. The average Bonchev–Trinajstić information content (AvgIpc) is 3.00. The summed E-state index contributed by atoms with van der Waals surface area (Å²) >= 11 is 1.55. The number of thiazole rings is 1. The van der Waals surface area contributed by atoms with Gasteiger partial charge < -0.3 is 14.4 Å². The molecule has 0 radical (unpaired) electrons. The van der Waals surface area contributed by atoms with Crippen LogP contribution in [0.15, 0.2) is 29.6 Å². The van der Waals surface area contributed by atoms with Gasteiger partial charge in [0.15, 0.2) is 5.13 Å². The van der Waals surface area contributed by atoms with E-state index in [0.717, 1.165) is 22.3 Å². The lowest BCUT2D eigenvalue weighted by Crippen LogP contribution is -2.09. The molecule has 0 atom stereocenters. The third-order valence-corrected chi connectivity index (χ3v) is 4.07. The predicted molar refractivity (Wildman–Crippen MR) is 83.5 cm³/mol. The Morgan fingerprint density at radius 1 is 1.29 bits per heavy atom. The second-order valence-electron chi connectivity index (χ2n) is 4.45. The van der Waals surface area contributed by atoms with E-state index in [-0.39, 0.29) is 5.97 Å². The maximum Gasteiger partial charge on any atom is 0.305 e. The quantitative estimate of drug-likeness (QED) is 0.768. The molecule has 0 N–H and O–H groups in total. The van der Waals surface area contributed by atoms with E-state index in [2.05, 4.69) is 9.72 Å². The third kappa shape index (κ3) is 3.95. The molecule has 0 unspecified atom stereocenters. The molecule has 0 aliphatic heterocycles. The number of nitrogens with zero attached hydrogens (tertiary/aromatic N) is 2. The molecule has 0 aliphatic carbocycles. The van der Waals surface area contributed by atoms with E-state index in [0.29, 0.717) is 12.8 Å². The molecular formula is C15H18N2O3S. The number of hydrogen-bond donors (Lipinski definition) is 0. The molecule has 21 heavy (non-hydrogen) atoms. The number of esters is 1. The number of aromatic nitrogens is 1. The van der Waals surface area contributed by atoms with E-state index >= 15 is 0 Å². The minimum Gasteiger partial charge on any atom is -0.497 e. The number of benzene rings is 1. The van der Waals surface area contributed by atoms with Gasteiger partial charge in [-0.25, -0.2) is 4.98 Å². The van der Waals surface area contributed by atoms with Gasteiger partial charge in [0, 0.05) is 24.5 Å². The Morgan fingerprint density at radius 2 is 2.00 bits per heavy atom. The summed E-state index contributed by atoms with van der Waals surface area (Å²) in [6, 6.07) is 7.79. The van der Waals surface area contributed by atoms with Crippen molar-refractivity contribution in [3.63, 3.8) is 0 Å². The molecule has 2 aromatic rings. The van der Waals surface area contributed by atoms with E-state index in [1.807, 2.05) is 41.6 Å². The Kier molecular flexibility index (Phi) is 5.16. The van der Waals surface area contributed by atoms with Crippen molar-refractivity contribution in [2.24, 2.45) is 0 Å². The summed E-state index contributed by atoms with van der Waals surface area (Å²) in [7, 11) is 5.00. The molecule has 1 aromatic carbocycles. The number of aryl methyl sites for hydroxylation is 1. The molecule has 0 saturated carbocycles. The van der Waals surface area contributed by atoms with E-state index in [9.17, 15) is 4.79 Å². The molecule has 1 heterocycles. The van der Waals surface area contributed by atoms with Crippen LogP contribution in [-0.2, 0) is 16.0 Å². The molecular weight excluding hydrogens is 288 g/mol.